The number of nitrogens with one attached hydrogen (secondary N) is 2. The first-order valence-corrected chi connectivity index (χ1v) is 9.31. The minimum atomic E-state index is -3.61. The highest BCUT2D eigenvalue weighted by atomic mass is 32.2. The van der Waals surface area contributed by atoms with Crippen molar-refractivity contribution in [1.82, 2.24) is 10.0 Å². The average molecular weight is 352 g/mol. The van der Waals surface area contributed by atoms with E-state index in [9.17, 15) is 13.2 Å². The molecule has 0 aromatic heterocycles. The van der Waals surface area contributed by atoms with Crippen molar-refractivity contribution in [2.75, 3.05) is 6.54 Å². The number of hydrogen-bond acceptors (Lipinski definition) is 5. The molecule has 0 aliphatic carbocycles. The van der Waals surface area contributed by atoms with Crippen LogP contribution in [0.15, 0.2) is 34.2 Å². The zero-order valence-electron chi connectivity index (χ0n) is 14.3. The van der Waals surface area contributed by atoms with Crippen molar-refractivity contribution in [1.29, 1.82) is 0 Å². The molecule has 0 bridgehead atoms. The maximum atomic E-state index is 12.4. The number of amidine groups is 1. The van der Waals surface area contributed by atoms with Gasteiger partial charge in [-0.25, -0.2) is 8.42 Å². The fraction of sp³-hybridized carbons (Fsp3) is 0.500. The van der Waals surface area contributed by atoms with E-state index < -0.39 is 21.6 Å². The number of carbonyl (C=O) groups excluding carboxylic acids is 1. The topological polar surface area (TPSA) is 114 Å². The molecule has 0 fully saturated rings. The minimum Gasteiger partial charge on any atom is -0.348 e. The largest absolute Gasteiger partial charge is 0.348 e. The second kappa shape index (κ2) is 6.52. The second-order valence-corrected chi connectivity index (χ2v) is 8.17. The molecule has 1 aliphatic heterocycles. The highest BCUT2D eigenvalue weighted by Gasteiger charge is 2.33. The van der Waals surface area contributed by atoms with Crippen molar-refractivity contribution < 1.29 is 13.2 Å². The summed E-state index contributed by atoms with van der Waals surface area (Å²) in [4.78, 5) is 16.9. The van der Waals surface area contributed by atoms with Crippen LogP contribution in [-0.4, -0.2) is 38.3 Å². The van der Waals surface area contributed by atoms with E-state index in [0.717, 1.165) is 0 Å². The molecule has 0 saturated carbocycles. The van der Waals surface area contributed by atoms with Gasteiger partial charge in [-0.05, 0) is 31.9 Å². The van der Waals surface area contributed by atoms with Gasteiger partial charge in [0.15, 0.2) is 0 Å². The summed E-state index contributed by atoms with van der Waals surface area (Å²) < 4.78 is 26.5. The Balaban J connectivity index is 2.25. The van der Waals surface area contributed by atoms with Crippen LogP contribution in [-0.2, 0) is 14.8 Å². The summed E-state index contributed by atoms with van der Waals surface area (Å²) in [6, 6.07) is 5.79. The molecule has 7 nitrogen and oxygen atoms in total. The minimum absolute atomic E-state index is 0.150. The van der Waals surface area contributed by atoms with Crippen LogP contribution in [0.2, 0.25) is 0 Å². The van der Waals surface area contributed by atoms with Crippen LogP contribution in [0.3, 0.4) is 0 Å². The van der Waals surface area contributed by atoms with Crippen molar-refractivity contribution in [3.63, 3.8) is 0 Å². The lowest BCUT2D eigenvalue weighted by atomic mass is 9.88. The fourth-order valence-corrected chi connectivity index (χ4v) is 3.54. The van der Waals surface area contributed by atoms with E-state index in [0.29, 0.717) is 12.1 Å². The molecule has 1 heterocycles. The van der Waals surface area contributed by atoms with E-state index in [4.69, 9.17) is 5.73 Å². The Morgan fingerprint density at radius 1 is 1.33 bits per heavy atom. The van der Waals surface area contributed by atoms with Gasteiger partial charge in [-0.15, -0.1) is 0 Å². The van der Waals surface area contributed by atoms with Crippen LogP contribution in [0.1, 0.15) is 33.3 Å². The Bertz CT molecular complexity index is 773. The molecule has 2 unspecified atom stereocenters. The van der Waals surface area contributed by atoms with Gasteiger partial charge in [0.05, 0.1) is 10.4 Å². The lowest BCUT2D eigenvalue weighted by Gasteiger charge is -2.34. The van der Waals surface area contributed by atoms with Gasteiger partial charge in [-0.1, -0.05) is 26.0 Å². The Labute approximate surface area is 142 Å². The van der Waals surface area contributed by atoms with E-state index in [2.05, 4.69) is 15.0 Å². The molecular formula is C16H24N4O3S. The summed E-state index contributed by atoms with van der Waals surface area (Å²) in [5, 5.41) is 2.91. The monoisotopic (exact) mass is 352 g/mol. The number of nitrogens with zero attached hydrogens (tertiary/aromatic N) is 1. The highest BCUT2D eigenvalue weighted by molar-refractivity contribution is 7.90. The van der Waals surface area contributed by atoms with Crippen molar-refractivity contribution in [3.05, 3.63) is 29.8 Å². The predicted octanol–water partition coefficient (Wildman–Crippen LogP) is 0.603. The number of aliphatic imine (C=N–C) groups is 1. The van der Waals surface area contributed by atoms with Crippen LogP contribution >= 0.6 is 0 Å². The third kappa shape index (κ3) is 3.44. The van der Waals surface area contributed by atoms with E-state index in [1.54, 1.807) is 25.1 Å². The van der Waals surface area contributed by atoms with Gasteiger partial charge in [-0.3, -0.25) is 14.5 Å². The van der Waals surface area contributed by atoms with Gasteiger partial charge in [0.1, 0.15) is 11.9 Å². The quantitative estimate of drug-likeness (QED) is 0.720. The number of fused-ring (bicyclic) bond motifs is 1. The van der Waals surface area contributed by atoms with Crippen LogP contribution < -0.4 is 15.8 Å². The maximum absolute atomic E-state index is 12.4. The Kier molecular flexibility index (Phi) is 5.00. The molecule has 2 rings (SSSR count). The van der Waals surface area contributed by atoms with Gasteiger partial charge in [0.25, 0.3) is 10.0 Å². The summed E-state index contributed by atoms with van der Waals surface area (Å²) in [6.45, 7) is 7.75. The Morgan fingerprint density at radius 2 is 1.96 bits per heavy atom. The van der Waals surface area contributed by atoms with E-state index >= 15 is 0 Å². The molecule has 0 saturated heterocycles. The first kappa shape index (κ1) is 18.4. The molecule has 1 aliphatic rings. The molecule has 1 aromatic carbocycles. The number of amides is 1. The molecule has 132 valence electrons. The number of sulfonamides is 1. The molecule has 0 spiro atoms. The standard InChI is InChI=1S/C16H24N4O3S/c1-10(2)16(4,9-17)19-15(21)11(3)18-14-12-7-5-6-8-13(12)24(22,23)20-14/h5-8,10-11H,9,17H2,1-4H3,(H,18,20)(H,19,21). The van der Waals surface area contributed by atoms with Crippen LogP contribution in [0.5, 0.6) is 0 Å². The molecule has 0 radical (unpaired) electrons. The van der Waals surface area contributed by atoms with Crippen LogP contribution in [0.4, 0.5) is 0 Å². The molecule has 24 heavy (non-hydrogen) atoms. The SMILES string of the molecule is CC(N=C1NS(=O)(=O)c2ccccc21)C(=O)NC(C)(CN)C(C)C. The Morgan fingerprint density at radius 3 is 2.54 bits per heavy atom. The van der Waals surface area contributed by atoms with Crippen molar-refractivity contribution in [2.24, 2.45) is 16.6 Å². The summed E-state index contributed by atoms with van der Waals surface area (Å²) in [6.07, 6.45) is 0. The summed E-state index contributed by atoms with van der Waals surface area (Å²) in [5.74, 6) is 0.0389. The van der Waals surface area contributed by atoms with Gasteiger partial charge in [0.2, 0.25) is 5.91 Å². The predicted molar refractivity (Wildman–Crippen MR) is 93.2 cm³/mol. The zero-order valence-corrected chi connectivity index (χ0v) is 15.1. The first-order valence-electron chi connectivity index (χ1n) is 7.83. The lowest BCUT2D eigenvalue weighted by molar-refractivity contribution is -0.124. The number of benzene rings is 1. The van der Waals surface area contributed by atoms with Crippen molar-refractivity contribution in [3.8, 4) is 0 Å². The average Bonchev–Trinajstić information content (AvgIpc) is 2.78. The molecule has 4 N–H and O–H groups in total. The summed E-state index contributed by atoms with van der Waals surface area (Å²) in [7, 11) is -3.61. The normalized spacial score (nSPS) is 21.0. The van der Waals surface area contributed by atoms with Gasteiger partial charge in [-0.2, -0.15) is 0 Å². The summed E-state index contributed by atoms with van der Waals surface area (Å²) >= 11 is 0. The highest BCUT2D eigenvalue weighted by Crippen LogP contribution is 2.22. The smallest absolute Gasteiger partial charge is 0.263 e. The zero-order chi connectivity index (χ0) is 18.1. The number of carbonyl (C=O) groups is 1. The molecule has 1 amide bonds. The fourth-order valence-electron chi connectivity index (χ4n) is 2.30. The molecule has 8 heteroatoms. The van der Waals surface area contributed by atoms with E-state index in [1.807, 2.05) is 20.8 Å². The molecule has 2 atom stereocenters. The third-order valence-corrected chi connectivity index (χ3v) is 5.87. The maximum Gasteiger partial charge on any atom is 0.263 e. The lowest BCUT2D eigenvalue weighted by Crippen LogP contribution is -2.56. The number of nitrogens with two attached hydrogens (primary N) is 1. The van der Waals surface area contributed by atoms with E-state index in [-0.39, 0.29) is 22.6 Å². The first-order chi connectivity index (χ1) is 11.1. The van der Waals surface area contributed by atoms with Gasteiger partial charge >= 0.3 is 0 Å². The van der Waals surface area contributed by atoms with Gasteiger partial charge < -0.3 is 11.1 Å². The molecular weight excluding hydrogens is 328 g/mol. The van der Waals surface area contributed by atoms with Gasteiger partial charge in [0, 0.05) is 12.1 Å². The summed E-state index contributed by atoms with van der Waals surface area (Å²) in [5.41, 5.74) is 5.71. The van der Waals surface area contributed by atoms with Crippen LogP contribution in [0.25, 0.3) is 0 Å². The Hall–Kier alpha value is -1.93. The second-order valence-electron chi connectivity index (χ2n) is 6.52. The van der Waals surface area contributed by atoms with Crippen LogP contribution in [0, 0.1) is 5.92 Å². The van der Waals surface area contributed by atoms with E-state index in [1.165, 1.54) is 6.07 Å². The van der Waals surface area contributed by atoms with Crippen molar-refractivity contribution in [2.45, 2.75) is 44.2 Å². The molecule has 1 aromatic rings. The number of hydrogen-bond donors (Lipinski definition) is 3. The third-order valence-electron chi connectivity index (χ3n) is 4.47. The number of rotatable bonds is 5. The van der Waals surface area contributed by atoms with Crippen molar-refractivity contribution >= 4 is 21.8 Å².